The standard InChI is InChI=1S/C31H35N3O8/c1-31(42)19(14-24(37)22(15-35)29(32)40)12-18-13-21-20(8-9-23(36)26(21)27(38)25(18)28(31)39)16-4-6-17(7-5-16)30(41)33-10-11-34(2)3/h4-9,15,18-19,35-36,38,42H,10-14H2,1-3H3,(H2,32,40)(H,33,41)/t18-,19+,31+/m1/s1. The number of primary amides is 1. The molecule has 2 aromatic carbocycles. The van der Waals surface area contributed by atoms with E-state index in [1.165, 1.54) is 13.0 Å². The molecular formula is C31H35N3O8. The highest BCUT2D eigenvalue weighted by molar-refractivity contribution is 6.19. The fourth-order valence-corrected chi connectivity index (χ4v) is 5.77. The van der Waals surface area contributed by atoms with E-state index >= 15 is 0 Å². The second kappa shape index (κ2) is 11.8. The number of hydrogen-bond acceptors (Lipinski definition) is 9. The Morgan fingerprint density at radius 3 is 2.38 bits per heavy atom. The van der Waals surface area contributed by atoms with Crippen LogP contribution in [0.25, 0.3) is 16.9 Å². The number of aliphatic hydroxyl groups excluding tert-OH is 2. The lowest BCUT2D eigenvalue weighted by atomic mass is 9.62. The number of ketones is 2. The Morgan fingerprint density at radius 1 is 1.12 bits per heavy atom. The van der Waals surface area contributed by atoms with Crippen molar-refractivity contribution < 1.29 is 39.6 Å². The molecule has 1 fully saturated rings. The molecule has 7 N–H and O–H groups in total. The number of phenolic OH excluding ortho intramolecular Hbond substituents is 1. The summed E-state index contributed by atoms with van der Waals surface area (Å²) in [5.74, 6) is -5.19. The number of benzene rings is 2. The summed E-state index contributed by atoms with van der Waals surface area (Å²) in [7, 11) is 3.82. The maximum atomic E-state index is 13.5. The largest absolute Gasteiger partial charge is 0.515 e. The van der Waals surface area contributed by atoms with Gasteiger partial charge in [0.2, 0.25) is 0 Å². The van der Waals surface area contributed by atoms with Crippen molar-refractivity contribution in [2.24, 2.45) is 17.6 Å². The highest BCUT2D eigenvalue weighted by Gasteiger charge is 2.51. The lowest BCUT2D eigenvalue weighted by molar-refractivity contribution is -0.143. The van der Waals surface area contributed by atoms with Crippen LogP contribution in [0.5, 0.6) is 5.75 Å². The number of fused-ring (bicyclic) bond motifs is 2. The van der Waals surface area contributed by atoms with Crippen molar-refractivity contribution >= 4 is 29.1 Å². The van der Waals surface area contributed by atoms with E-state index in [1.54, 1.807) is 30.3 Å². The second-order valence-electron chi connectivity index (χ2n) is 11.2. The van der Waals surface area contributed by atoms with Crippen LogP contribution in [0.3, 0.4) is 0 Å². The molecule has 42 heavy (non-hydrogen) atoms. The summed E-state index contributed by atoms with van der Waals surface area (Å²) in [6.07, 6.45) is 0.181. The summed E-state index contributed by atoms with van der Waals surface area (Å²) in [5.41, 5.74) is 4.92. The SMILES string of the molecule is CN(C)CCNC(=O)c1ccc(-c2ccc(O)c3c2C[C@H]2C[C@@H](CC(=O)C(=CO)C(N)=O)[C@](C)(O)C(=O)C2=C3O)cc1. The molecule has 4 rings (SSSR count). The molecule has 0 unspecified atom stereocenters. The van der Waals surface area contributed by atoms with Crippen molar-refractivity contribution in [2.75, 3.05) is 27.2 Å². The quantitative estimate of drug-likeness (QED) is 0.112. The molecule has 222 valence electrons. The van der Waals surface area contributed by atoms with Gasteiger partial charge in [0.05, 0.1) is 11.8 Å². The first kappa shape index (κ1) is 30.5. The number of phenols is 1. The zero-order valence-corrected chi connectivity index (χ0v) is 23.7. The molecule has 1 saturated carbocycles. The second-order valence-corrected chi connectivity index (χ2v) is 11.2. The van der Waals surface area contributed by atoms with Crippen LogP contribution in [-0.4, -0.2) is 81.5 Å². The molecule has 2 aliphatic rings. The fraction of sp³-hybridized carbons (Fsp3) is 0.355. The highest BCUT2D eigenvalue weighted by Crippen LogP contribution is 2.50. The maximum absolute atomic E-state index is 13.5. The van der Waals surface area contributed by atoms with Gasteiger partial charge >= 0.3 is 0 Å². The number of hydrogen-bond donors (Lipinski definition) is 6. The minimum absolute atomic E-state index is 0.0405. The van der Waals surface area contributed by atoms with E-state index < -0.39 is 52.7 Å². The number of likely N-dealkylation sites (N-methyl/N-ethyl adjacent to an activating group) is 1. The van der Waals surface area contributed by atoms with Crippen molar-refractivity contribution in [3.05, 3.63) is 70.5 Å². The summed E-state index contributed by atoms with van der Waals surface area (Å²) in [5, 5.41) is 45.3. The number of carbonyl (C=O) groups is 4. The minimum atomic E-state index is -2.07. The fourth-order valence-electron chi connectivity index (χ4n) is 5.77. The molecule has 11 heteroatoms. The van der Waals surface area contributed by atoms with E-state index in [0.29, 0.717) is 41.6 Å². The third-order valence-corrected chi connectivity index (χ3v) is 8.14. The molecule has 0 aromatic heterocycles. The molecule has 0 heterocycles. The van der Waals surface area contributed by atoms with E-state index in [2.05, 4.69) is 5.32 Å². The summed E-state index contributed by atoms with van der Waals surface area (Å²) in [6.45, 7) is 2.42. The normalized spacial score (nSPS) is 22.0. The molecule has 3 atom stereocenters. The van der Waals surface area contributed by atoms with Crippen LogP contribution in [0.15, 0.2) is 53.8 Å². The molecule has 2 amide bonds. The number of nitrogens with two attached hydrogens (primary N) is 1. The van der Waals surface area contributed by atoms with Crippen molar-refractivity contribution in [1.29, 1.82) is 0 Å². The van der Waals surface area contributed by atoms with Crippen LogP contribution in [0.1, 0.15) is 41.3 Å². The highest BCUT2D eigenvalue weighted by atomic mass is 16.3. The third-order valence-electron chi connectivity index (χ3n) is 8.14. The van der Waals surface area contributed by atoms with Gasteiger partial charge in [0, 0.05) is 36.6 Å². The van der Waals surface area contributed by atoms with E-state index in [0.717, 1.165) is 0 Å². The Kier molecular flexibility index (Phi) is 8.55. The zero-order chi connectivity index (χ0) is 30.9. The summed E-state index contributed by atoms with van der Waals surface area (Å²) in [6, 6.07) is 9.97. The van der Waals surface area contributed by atoms with Crippen LogP contribution in [0.4, 0.5) is 0 Å². The predicted molar refractivity (Wildman–Crippen MR) is 154 cm³/mol. The number of nitrogens with zero attached hydrogens (tertiary/aromatic N) is 1. The van der Waals surface area contributed by atoms with E-state index in [1.807, 2.05) is 19.0 Å². The van der Waals surface area contributed by atoms with Crippen molar-refractivity contribution in [3.63, 3.8) is 0 Å². The first-order valence-electron chi connectivity index (χ1n) is 13.5. The number of rotatable bonds is 9. The minimum Gasteiger partial charge on any atom is -0.515 e. The molecule has 0 spiro atoms. The maximum Gasteiger partial charge on any atom is 0.255 e. The average molecular weight is 578 g/mol. The Hall–Kier alpha value is -4.48. The molecular weight excluding hydrogens is 542 g/mol. The van der Waals surface area contributed by atoms with E-state index in [4.69, 9.17) is 5.73 Å². The average Bonchev–Trinajstić information content (AvgIpc) is 2.92. The van der Waals surface area contributed by atoms with Gasteiger partial charge in [0.1, 0.15) is 22.7 Å². The van der Waals surface area contributed by atoms with E-state index in [-0.39, 0.29) is 35.6 Å². The van der Waals surface area contributed by atoms with Gasteiger partial charge in [-0.25, -0.2) is 0 Å². The monoisotopic (exact) mass is 577 g/mol. The van der Waals surface area contributed by atoms with Crippen molar-refractivity contribution in [1.82, 2.24) is 10.2 Å². The Balaban J connectivity index is 1.67. The molecule has 2 aliphatic carbocycles. The molecule has 2 aromatic rings. The molecule has 0 saturated heterocycles. The number of nitrogens with one attached hydrogen (secondary N) is 1. The number of Topliss-reactive ketones (excluding diaryl/α,β-unsaturated/α-hetero) is 2. The van der Waals surface area contributed by atoms with Gasteiger partial charge in [-0.3, -0.25) is 19.2 Å². The lowest BCUT2D eigenvalue weighted by Crippen LogP contribution is -2.51. The number of aromatic hydroxyl groups is 1. The van der Waals surface area contributed by atoms with Crippen LogP contribution in [-0.2, 0) is 20.8 Å². The van der Waals surface area contributed by atoms with Gasteiger partial charge in [-0.2, -0.15) is 0 Å². The van der Waals surface area contributed by atoms with Gasteiger partial charge < -0.3 is 36.4 Å². The van der Waals surface area contributed by atoms with Crippen LogP contribution in [0, 0.1) is 11.8 Å². The molecule has 0 radical (unpaired) electrons. The van der Waals surface area contributed by atoms with Crippen LogP contribution >= 0.6 is 0 Å². The van der Waals surface area contributed by atoms with Crippen molar-refractivity contribution in [2.45, 2.75) is 31.8 Å². The lowest BCUT2D eigenvalue weighted by Gasteiger charge is -2.43. The zero-order valence-electron chi connectivity index (χ0n) is 23.7. The van der Waals surface area contributed by atoms with Gasteiger partial charge in [0.15, 0.2) is 11.6 Å². The Labute approximate surface area is 243 Å². The summed E-state index contributed by atoms with van der Waals surface area (Å²) in [4.78, 5) is 52.2. The smallest absolute Gasteiger partial charge is 0.255 e. The van der Waals surface area contributed by atoms with Gasteiger partial charge in [-0.05, 0) is 74.7 Å². The van der Waals surface area contributed by atoms with Gasteiger partial charge in [-0.1, -0.05) is 18.2 Å². The molecule has 0 aliphatic heterocycles. The predicted octanol–water partition coefficient (Wildman–Crippen LogP) is 2.02. The number of aliphatic hydroxyl groups is 3. The molecule has 0 bridgehead atoms. The van der Waals surface area contributed by atoms with Crippen LogP contribution in [0.2, 0.25) is 0 Å². The number of carbonyl (C=O) groups excluding carboxylic acids is 4. The Morgan fingerprint density at radius 2 is 1.79 bits per heavy atom. The van der Waals surface area contributed by atoms with Gasteiger partial charge in [-0.15, -0.1) is 0 Å². The summed E-state index contributed by atoms with van der Waals surface area (Å²) >= 11 is 0. The van der Waals surface area contributed by atoms with E-state index in [9.17, 15) is 39.6 Å². The first-order chi connectivity index (χ1) is 19.8. The first-order valence-corrected chi connectivity index (χ1v) is 13.5. The Bertz CT molecular complexity index is 1500. The summed E-state index contributed by atoms with van der Waals surface area (Å²) < 4.78 is 0. The van der Waals surface area contributed by atoms with Gasteiger partial charge in [0.25, 0.3) is 11.8 Å². The topological polar surface area (TPSA) is 190 Å². The van der Waals surface area contributed by atoms with Crippen LogP contribution < -0.4 is 11.1 Å². The van der Waals surface area contributed by atoms with Crippen molar-refractivity contribution in [3.8, 4) is 16.9 Å². The molecule has 11 nitrogen and oxygen atoms in total. The number of amides is 2. The third kappa shape index (κ3) is 5.65.